The molecule has 0 aliphatic carbocycles. The largest absolute Gasteiger partial charge is 0.494 e. The number of esters is 1. The average molecular weight is 335 g/mol. The van der Waals surface area contributed by atoms with Crippen LogP contribution < -0.4 is 15.0 Å². The Morgan fingerprint density at radius 1 is 1.25 bits per heavy atom. The van der Waals surface area contributed by atoms with Crippen molar-refractivity contribution < 1.29 is 29.2 Å². The van der Waals surface area contributed by atoms with Crippen molar-refractivity contribution in [3.8, 4) is 5.75 Å². The van der Waals surface area contributed by atoms with E-state index in [1.54, 1.807) is 36.5 Å². The zero-order valence-electron chi connectivity index (χ0n) is 14.0. The summed E-state index contributed by atoms with van der Waals surface area (Å²) in [6.07, 6.45) is 0.981. The molecule has 130 valence electrons. The summed E-state index contributed by atoms with van der Waals surface area (Å²) >= 11 is 0. The number of rotatable bonds is 8. The maximum atomic E-state index is 12.4. The Bertz CT molecular complexity index is 600. The van der Waals surface area contributed by atoms with Crippen molar-refractivity contribution in [2.24, 2.45) is 0 Å². The number of carbonyl (C=O) groups is 3. The van der Waals surface area contributed by atoms with E-state index in [9.17, 15) is 14.4 Å². The molecule has 0 bridgehead atoms. The SMILES string of the molecule is CCCOc1ccc(N2C(=O)C[C@H]([NH2+]CC(=O)OCC)C2=O)cc1. The molecule has 7 nitrogen and oxygen atoms in total. The van der Waals surface area contributed by atoms with Crippen molar-refractivity contribution in [3.05, 3.63) is 24.3 Å². The van der Waals surface area contributed by atoms with Gasteiger partial charge in [-0.3, -0.25) is 9.59 Å². The van der Waals surface area contributed by atoms with Crippen molar-refractivity contribution >= 4 is 23.5 Å². The number of hydrogen-bond acceptors (Lipinski definition) is 5. The first-order chi connectivity index (χ1) is 11.6. The van der Waals surface area contributed by atoms with Crippen LogP contribution in [0.5, 0.6) is 5.75 Å². The molecule has 1 aliphatic rings. The van der Waals surface area contributed by atoms with Gasteiger partial charge in [-0.15, -0.1) is 0 Å². The predicted octanol–water partition coefficient (Wildman–Crippen LogP) is 0.234. The highest BCUT2D eigenvalue weighted by atomic mass is 16.5. The van der Waals surface area contributed by atoms with Crippen molar-refractivity contribution in [1.29, 1.82) is 0 Å². The molecule has 1 aromatic carbocycles. The Labute approximate surface area is 140 Å². The van der Waals surface area contributed by atoms with Gasteiger partial charge in [-0.25, -0.2) is 9.69 Å². The minimum absolute atomic E-state index is 0.0230. The van der Waals surface area contributed by atoms with E-state index in [0.29, 0.717) is 24.7 Å². The van der Waals surface area contributed by atoms with Crippen LogP contribution in [0.25, 0.3) is 0 Å². The number of carbonyl (C=O) groups excluding carboxylic acids is 3. The summed E-state index contributed by atoms with van der Waals surface area (Å²) in [5.74, 6) is -0.280. The predicted molar refractivity (Wildman–Crippen MR) is 86.6 cm³/mol. The molecule has 0 saturated carbocycles. The van der Waals surface area contributed by atoms with E-state index in [1.165, 1.54) is 0 Å². The molecule has 7 heteroatoms. The summed E-state index contributed by atoms with van der Waals surface area (Å²) in [7, 11) is 0. The van der Waals surface area contributed by atoms with Gasteiger partial charge in [-0.1, -0.05) is 6.92 Å². The molecule has 1 fully saturated rings. The van der Waals surface area contributed by atoms with Gasteiger partial charge in [0.15, 0.2) is 12.6 Å². The van der Waals surface area contributed by atoms with Crippen molar-refractivity contribution in [2.75, 3.05) is 24.7 Å². The van der Waals surface area contributed by atoms with Gasteiger partial charge in [-0.2, -0.15) is 0 Å². The molecular weight excluding hydrogens is 312 g/mol. The molecule has 1 heterocycles. The number of anilines is 1. The Kier molecular flexibility index (Phi) is 6.31. The van der Waals surface area contributed by atoms with Crippen LogP contribution in [0.1, 0.15) is 26.7 Å². The Hall–Kier alpha value is -2.41. The smallest absolute Gasteiger partial charge is 0.361 e. The molecule has 0 unspecified atom stereocenters. The second-order valence-corrected chi connectivity index (χ2v) is 5.47. The lowest BCUT2D eigenvalue weighted by atomic mass is 10.2. The van der Waals surface area contributed by atoms with Gasteiger partial charge in [0.2, 0.25) is 5.91 Å². The van der Waals surface area contributed by atoms with Crippen LogP contribution in [0.15, 0.2) is 24.3 Å². The molecule has 24 heavy (non-hydrogen) atoms. The minimum atomic E-state index is -0.585. The van der Waals surface area contributed by atoms with Crippen LogP contribution in [-0.2, 0) is 19.1 Å². The molecule has 0 spiro atoms. The number of nitrogens with zero attached hydrogens (tertiary/aromatic N) is 1. The molecule has 1 saturated heterocycles. The summed E-state index contributed by atoms with van der Waals surface area (Å²) < 4.78 is 10.3. The second-order valence-electron chi connectivity index (χ2n) is 5.47. The fraction of sp³-hybridized carbons (Fsp3) is 0.471. The normalized spacial score (nSPS) is 17.2. The van der Waals surface area contributed by atoms with E-state index in [1.807, 2.05) is 6.92 Å². The van der Waals surface area contributed by atoms with Gasteiger partial charge < -0.3 is 14.8 Å². The minimum Gasteiger partial charge on any atom is -0.494 e. The molecule has 0 radical (unpaired) electrons. The summed E-state index contributed by atoms with van der Waals surface area (Å²) in [5.41, 5.74) is 0.515. The lowest BCUT2D eigenvalue weighted by Crippen LogP contribution is -2.93. The molecule has 1 aliphatic heterocycles. The van der Waals surface area contributed by atoms with E-state index in [0.717, 1.165) is 11.3 Å². The number of quaternary nitrogens is 1. The number of nitrogens with two attached hydrogens (primary N) is 1. The van der Waals surface area contributed by atoms with Crippen LogP contribution in [-0.4, -0.2) is 43.6 Å². The highest BCUT2D eigenvalue weighted by Crippen LogP contribution is 2.24. The third-order valence-corrected chi connectivity index (χ3v) is 3.62. The third-order valence-electron chi connectivity index (χ3n) is 3.62. The van der Waals surface area contributed by atoms with E-state index in [4.69, 9.17) is 9.47 Å². The number of benzene rings is 1. The summed E-state index contributed by atoms with van der Waals surface area (Å²) in [6.45, 7) is 4.67. The van der Waals surface area contributed by atoms with Crippen LogP contribution in [0.4, 0.5) is 5.69 Å². The average Bonchev–Trinajstić information content (AvgIpc) is 2.86. The first-order valence-electron chi connectivity index (χ1n) is 8.15. The first-order valence-corrected chi connectivity index (χ1v) is 8.15. The van der Waals surface area contributed by atoms with Crippen LogP contribution in [0.2, 0.25) is 0 Å². The van der Waals surface area contributed by atoms with Gasteiger partial charge in [0.25, 0.3) is 5.91 Å². The quantitative estimate of drug-likeness (QED) is 0.543. The van der Waals surface area contributed by atoms with Crippen LogP contribution in [0, 0.1) is 0 Å². The number of hydrogen-bond donors (Lipinski definition) is 1. The van der Waals surface area contributed by atoms with Crippen LogP contribution >= 0.6 is 0 Å². The highest BCUT2D eigenvalue weighted by Gasteiger charge is 2.42. The van der Waals surface area contributed by atoms with Crippen molar-refractivity contribution in [2.45, 2.75) is 32.7 Å². The van der Waals surface area contributed by atoms with Crippen LogP contribution in [0.3, 0.4) is 0 Å². The van der Waals surface area contributed by atoms with E-state index >= 15 is 0 Å². The van der Waals surface area contributed by atoms with Crippen molar-refractivity contribution in [3.63, 3.8) is 0 Å². The monoisotopic (exact) mass is 335 g/mol. The zero-order valence-corrected chi connectivity index (χ0v) is 14.0. The Morgan fingerprint density at radius 3 is 2.58 bits per heavy atom. The van der Waals surface area contributed by atoms with Crippen molar-refractivity contribution in [1.82, 2.24) is 0 Å². The summed E-state index contributed by atoms with van der Waals surface area (Å²) in [6, 6.07) is 6.27. The summed E-state index contributed by atoms with van der Waals surface area (Å²) in [5, 5.41) is 1.55. The first kappa shape index (κ1) is 17.9. The van der Waals surface area contributed by atoms with Gasteiger partial charge in [0, 0.05) is 0 Å². The maximum absolute atomic E-state index is 12.4. The third kappa shape index (κ3) is 4.32. The Morgan fingerprint density at radius 2 is 1.96 bits per heavy atom. The fourth-order valence-electron chi connectivity index (χ4n) is 2.48. The number of imide groups is 1. The molecule has 0 aromatic heterocycles. The molecule has 2 rings (SSSR count). The topological polar surface area (TPSA) is 89.5 Å². The maximum Gasteiger partial charge on any atom is 0.361 e. The lowest BCUT2D eigenvalue weighted by Gasteiger charge is -2.15. The van der Waals surface area contributed by atoms with Gasteiger partial charge in [0.05, 0.1) is 25.3 Å². The van der Waals surface area contributed by atoms with E-state index in [2.05, 4.69) is 0 Å². The van der Waals surface area contributed by atoms with Gasteiger partial charge in [-0.05, 0) is 37.6 Å². The lowest BCUT2D eigenvalue weighted by molar-refractivity contribution is -0.665. The van der Waals surface area contributed by atoms with Gasteiger partial charge in [0.1, 0.15) is 5.75 Å². The highest BCUT2D eigenvalue weighted by molar-refractivity contribution is 6.21. The number of amides is 2. The number of ether oxygens (including phenoxy) is 2. The molecular formula is C17H23N2O5+. The van der Waals surface area contributed by atoms with Gasteiger partial charge >= 0.3 is 5.97 Å². The molecule has 1 atom stereocenters. The van der Waals surface area contributed by atoms with E-state index in [-0.39, 0.29) is 24.8 Å². The van der Waals surface area contributed by atoms with E-state index < -0.39 is 12.0 Å². The Balaban J connectivity index is 1.99. The molecule has 2 N–H and O–H groups in total. The fourth-order valence-corrected chi connectivity index (χ4v) is 2.48. The standard InChI is InChI=1S/C17H22N2O5/c1-3-9-24-13-7-5-12(6-8-13)19-15(20)10-14(17(19)22)18-11-16(21)23-4-2/h5-8,14,18H,3-4,9-11H2,1-2H3/p+1/t14-/m0/s1. The summed E-state index contributed by atoms with van der Waals surface area (Å²) in [4.78, 5) is 37.1. The zero-order chi connectivity index (χ0) is 17.5. The molecule has 2 amide bonds. The molecule has 1 aromatic rings. The second kappa shape index (κ2) is 8.44.